The molecule has 1 N–H and O–H groups in total. The first-order valence-electron chi connectivity index (χ1n) is 4.62. The van der Waals surface area contributed by atoms with E-state index in [9.17, 15) is 4.79 Å². The van der Waals surface area contributed by atoms with E-state index in [1.807, 2.05) is 30.3 Å². The molecule has 94 valence electrons. The fraction of sp³-hybridized carbons (Fsp3) is 0.300. The molecule has 0 aromatic heterocycles. The van der Waals surface area contributed by atoms with Crippen molar-refractivity contribution in [2.24, 2.45) is 0 Å². The van der Waals surface area contributed by atoms with Crippen LogP contribution in [0.1, 0.15) is 5.56 Å². The molecule has 0 saturated heterocycles. The lowest BCUT2D eigenvalue weighted by molar-refractivity contribution is 0.0190. The molecule has 0 bridgehead atoms. The Hall–Kier alpha value is -0.680. The van der Waals surface area contributed by atoms with Crippen LogP contribution >= 0.6 is 34.8 Å². The molecule has 0 spiro atoms. The van der Waals surface area contributed by atoms with E-state index in [1.165, 1.54) is 0 Å². The van der Waals surface area contributed by atoms with Crippen molar-refractivity contribution in [1.82, 2.24) is 5.48 Å². The summed E-state index contributed by atoms with van der Waals surface area (Å²) in [5, 5.41) is 0. The van der Waals surface area contributed by atoms with Gasteiger partial charge in [-0.25, -0.2) is 4.79 Å². The van der Waals surface area contributed by atoms with Crippen LogP contribution < -0.4 is 5.48 Å². The van der Waals surface area contributed by atoms with Gasteiger partial charge in [0.1, 0.15) is 6.61 Å². The minimum Gasteiger partial charge on any atom is -0.444 e. The molecule has 0 radical (unpaired) electrons. The van der Waals surface area contributed by atoms with Crippen molar-refractivity contribution in [2.75, 3.05) is 6.61 Å². The minimum absolute atomic E-state index is 0.226. The van der Waals surface area contributed by atoms with Gasteiger partial charge in [0.25, 0.3) is 0 Å². The number of carbonyl (C=O) groups excluding carboxylic acids is 1. The van der Waals surface area contributed by atoms with Crippen LogP contribution in [0.5, 0.6) is 0 Å². The number of hydroxylamine groups is 1. The van der Waals surface area contributed by atoms with Gasteiger partial charge in [0.05, 0.1) is 6.61 Å². The zero-order valence-electron chi connectivity index (χ0n) is 8.66. The maximum Gasteiger partial charge on any atom is 0.431 e. The molecule has 0 atom stereocenters. The zero-order valence-corrected chi connectivity index (χ0v) is 10.9. The normalized spacial score (nSPS) is 11.0. The lowest BCUT2D eigenvalue weighted by Gasteiger charge is -2.11. The largest absolute Gasteiger partial charge is 0.444 e. The Balaban J connectivity index is 2.17. The Labute approximate surface area is 114 Å². The SMILES string of the molecule is O=C(NOCc1ccccc1)OCC(Cl)(Cl)Cl. The van der Waals surface area contributed by atoms with E-state index in [4.69, 9.17) is 39.6 Å². The molecule has 1 aromatic rings. The Morgan fingerprint density at radius 2 is 1.88 bits per heavy atom. The summed E-state index contributed by atoms with van der Waals surface area (Å²) >= 11 is 16.2. The molecule has 0 aliphatic rings. The standard InChI is InChI=1S/C10H10Cl3NO3/c11-10(12,13)7-16-9(15)14-17-6-8-4-2-1-3-5-8/h1-5H,6-7H2,(H,14,15). The van der Waals surface area contributed by atoms with Gasteiger partial charge in [-0.05, 0) is 5.56 Å². The highest BCUT2D eigenvalue weighted by atomic mass is 35.6. The Morgan fingerprint density at radius 1 is 1.24 bits per heavy atom. The number of rotatable bonds is 4. The maximum absolute atomic E-state index is 11.0. The molecule has 0 aliphatic carbocycles. The number of nitrogens with one attached hydrogen (secondary N) is 1. The number of halogens is 3. The first-order valence-corrected chi connectivity index (χ1v) is 5.76. The molecule has 7 heteroatoms. The van der Waals surface area contributed by atoms with Gasteiger partial charge in [-0.3, -0.25) is 4.84 Å². The molecular formula is C10H10Cl3NO3. The number of carbonyl (C=O) groups is 1. The monoisotopic (exact) mass is 297 g/mol. The molecule has 0 heterocycles. The molecule has 0 unspecified atom stereocenters. The highest BCUT2D eigenvalue weighted by Crippen LogP contribution is 2.25. The quantitative estimate of drug-likeness (QED) is 0.686. The topological polar surface area (TPSA) is 47.6 Å². The second-order valence-electron chi connectivity index (χ2n) is 3.07. The average Bonchev–Trinajstić information content (AvgIpc) is 2.27. The van der Waals surface area contributed by atoms with Gasteiger partial charge in [0.15, 0.2) is 0 Å². The molecule has 1 amide bonds. The van der Waals surface area contributed by atoms with Crippen molar-refractivity contribution >= 4 is 40.9 Å². The van der Waals surface area contributed by atoms with Crippen LogP contribution in [0.15, 0.2) is 30.3 Å². The average molecular weight is 299 g/mol. The number of benzene rings is 1. The molecule has 0 aliphatic heterocycles. The van der Waals surface area contributed by atoms with E-state index < -0.39 is 9.89 Å². The number of hydrogen-bond donors (Lipinski definition) is 1. The van der Waals surface area contributed by atoms with Crippen LogP contribution in [0, 0.1) is 0 Å². The molecule has 0 saturated carbocycles. The molecule has 4 nitrogen and oxygen atoms in total. The van der Waals surface area contributed by atoms with Gasteiger partial charge < -0.3 is 4.74 Å². The van der Waals surface area contributed by atoms with Gasteiger partial charge in [0, 0.05) is 0 Å². The van der Waals surface area contributed by atoms with Crippen molar-refractivity contribution in [3.05, 3.63) is 35.9 Å². The van der Waals surface area contributed by atoms with Crippen molar-refractivity contribution in [3.63, 3.8) is 0 Å². The van der Waals surface area contributed by atoms with Crippen LogP contribution in [0.3, 0.4) is 0 Å². The van der Waals surface area contributed by atoms with Gasteiger partial charge in [-0.1, -0.05) is 65.1 Å². The van der Waals surface area contributed by atoms with Crippen molar-refractivity contribution in [2.45, 2.75) is 10.4 Å². The minimum atomic E-state index is -1.63. The van der Waals surface area contributed by atoms with Crippen molar-refractivity contribution < 1.29 is 14.4 Å². The van der Waals surface area contributed by atoms with Gasteiger partial charge in [-0.15, -0.1) is 0 Å². The van der Waals surface area contributed by atoms with E-state index >= 15 is 0 Å². The fourth-order valence-corrected chi connectivity index (χ4v) is 1.09. The molecule has 1 rings (SSSR count). The highest BCUT2D eigenvalue weighted by Gasteiger charge is 2.22. The van der Waals surface area contributed by atoms with E-state index in [0.29, 0.717) is 0 Å². The lowest BCUT2D eigenvalue weighted by atomic mass is 10.2. The van der Waals surface area contributed by atoms with E-state index in [2.05, 4.69) is 10.2 Å². The lowest BCUT2D eigenvalue weighted by Crippen LogP contribution is -2.28. The van der Waals surface area contributed by atoms with Crippen molar-refractivity contribution in [1.29, 1.82) is 0 Å². The Bertz CT molecular complexity index is 354. The second kappa shape index (κ2) is 6.91. The Morgan fingerprint density at radius 3 is 2.47 bits per heavy atom. The van der Waals surface area contributed by atoms with Crippen LogP contribution in [0.25, 0.3) is 0 Å². The first-order chi connectivity index (χ1) is 7.97. The number of hydrogen-bond acceptors (Lipinski definition) is 3. The summed E-state index contributed by atoms with van der Waals surface area (Å²) in [7, 11) is 0. The highest BCUT2D eigenvalue weighted by molar-refractivity contribution is 6.67. The molecular weight excluding hydrogens is 288 g/mol. The number of ether oxygens (including phenoxy) is 1. The smallest absolute Gasteiger partial charge is 0.431 e. The Kier molecular flexibility index (Phi) is 5.85. The van der Waals surface area contributed by atoms with E-state index in [-0.39, 0.29) is 13.2 Å². The summed E-state index contributed by atoms with van der Waals surface area (Å²) < 4.78 is 2.95. The molecule has 17 heavy (non-hydrogen) atoms. The third-order valence-corrected chi connectivity index (χ3v) is 1.93. The first kappa shape index (κ1) is 14.4. The third kappa shape index (κ3) is 7.28. The number of alkyl halides is 3. The van der Waals surface area contributed by atoms with Crippen LogP contribution in [0.2, 0.25) is 0 Å². The number of amides is 1. The van der Waals surface area contributed by atoms with Gasteiger partial charge in [0.2, 0.25) is 3.79 Å². The zero-order chi connectivity index (χ0) is 12.7. The van der Waals surface area contributed by atoms with Gasteiger partial charge in [-0.2, -0.15) is 5.48 Å². The maximum atomic E-state index is 11.0. The fourth-order valence-electron chi connectivity index (χ4n) is 0.929. The van der Waals surface area contributed by atoms with Gasteiger partial charge >= 0.3 is 6.09 Å². The summed E-state index contributed by atoms with van der Waals surface area (Å²) in [6, 6.07) is 9.31. The summed E-state index contributed by atoms with van der Waals surface area (Å²) in [4.78, 5) is 15.9. The van der Waals surface area contributed by atoms with E-state index in [0.717, 1.165) is 5.56 Å². The summed E-state index contributed by atoms with van der Waals surface area (Å²) in [5.74, 6) is 0. The third-order valence-electron chi connectivity index (χ3n) is 1.60. The van der Waals surface area contributed by atoms with E-state index in [1.54, 1.807) is 0 Å². The van der Waals surface area contributed by atoms with Crippen molar-refractivity contribution in [3.8, 4) is 0 Å². The summed E-state index contributed by atoms with van der Waals surface area (Å²) in [6.45, 7) is -0.123. The second-order valence-corrected chi connectivity index (χ2v) is 5.58. The molecule has 0 fully saturated rings. The van der Waals surface area contributed by atoms with Crippen LogP contribution in [-0.2, 0) is 16.2 Å². The van der Waals surface area contributed by atoms with Crippen LogP contribution in [-0.4, -0.2) is 16.5 Å². The molecule has 1 aromatic carbocycles. The predicted octanol–water partition coefficient (Wildman–Crippen LogP) is 3.21. The summed E-state index contributed by atoms with van der Waals surface area (Å²) in [6.07, 6.45) is -0.813. The summed E-state index contributed by atoms with van der Waals surface area (Å²) in [5.41, 5.74) is 2.98. The predicted molar refractivity (Wildman–Crippen MR) is 66.0 cm³/mol. The van der Waals surface area contributed by atoms with Crippen LogP contribution in [0.4, 0.5) is 4.79 Å².